The number of hydrogen-bond acceptors (Lipinski definition) is 1. The largest absolute Gasteiger partial charge is 0.287 e. The molecule has 6 fully saturated rings. The van der Waals surface area contributed by atoms with Crippen LogP contribution in [0.3, 0.4) is 0 Å². The van der Waals surface area contributed by atoms with Gasteiger partial charge in [0.1, 0.15) is 0 Å². The van der Waals surface area contributed by atoms with Gasteiger partial charge in [0.2, 0.25) is 0 Å². The number of nitrogens with zero attached hydrogens (tertiary/aromatic N) is 1. The molecule has 3 aliphatic heterocycles. The van der Waals surface area contributed by atoms with Crippen molar-refractivity contribution in [1.82, 2.24) is 4.90 Å². The van der Waals surface area contributed by atoms with Crippen LogP contribution in [-0.4, -0.2) is 22.5 Å². The molecule has 6 rings (SSSR count). The van der Waals surface area contributed by atoms with Gasteiger partial charge >= 0.3 is 0 Å². The van der Waals surface area contributed by atoms with Gasteiger partial charge in [-0.15, -0.1) is 0 Å². The average Bonchev–Trinajstić information content (AvgIpc) is 2.40. The fraction of sp³-hybridized carbons (Fsp3) is 1.00. The Morgan fingerprint density at radius 2 is 2.18 bits per heavy atom. The highest BCUT2D eigenvalue weighted by atomic mass is 15.5. The molecule has 7 atom stereocenters. The zero-order chi connectivity index (χ0) is 6.79. The fourth-order valence-corrected chi connectivity index (χ4v) is 5.65. The van der Waals surface area contributed by atoms with Crippen molar-refractivity contribution in [1.29, 1.82) is 0 Å². The van der Waals surface area contributed by atoms with Gasteiger partial charge in [0.15, 0.2) is 0 Å². The number of piperidine rings is 3. The van der Waals surface area contributed by atoms with E-state index in [9.17, 15) is 0 Å². The second kappa shape index (κ2) is 1.02. The SMILES string of the molecule is C1CC2N3C1C1CC4CC1C423. The second-order valence-corrected chi connectivity index (χ2v) is 5.39. The minimum atomic E-state index is 0.883. The lowest BCUT2D eigenvalue weighted by Gasteiger charge is -2.36. The summed E-state index contributed by atoms with van der Waals surface area (Å²) in [6.07, 6.45) is 6.37. The van der Waals surface area contributed by atoms with Crippen molar-refractivity contribution in [2.75, 3.05) is 0 Å². The van der Waals surface area contributed by atoms with Crippen LogP contribution in [0.25, 0.3) is 0 Å². The molecule has 0 N–H and O–H groups in total. The average molecular weight is 147 g/mol. The lowest BCUT2D eigenvalue weighted by Crippen LogP contribution is -2.41. The zero-order valence-corrected chi connectivity index (χ0v) is 6.66. The Morgan fingerprint density at radius 1 is 1.18 bits per heavy atom. The normalized spacial score (nSPS) is 85.1. The topological polar surface area (TPSA) is 3.01 Å². The van der Waals surface area contributed by atoms with Gasteiger partial charge in [0.05, 0.1) is 0 Å². The van der Waals surface area contributed by atoms with Crippen LogP contribution in [0.5, 0.6) is 0 Å². The molecular weight excluding hydrogens is 134 g/mol. The van der Waals surface area contributed by atoms with Gasteiger partial charge in [0, 0.05) is 17.6 Å². The molecule has 3 saturated heterocycles. The maximum Gasteiger partial charge on any atom is 0.0431 e. The summed E-state index contributed by atoms with van der Waals surface area (Å²) in [5.74, 6) is 3.56. The van der Waals surface area contributed by atoms with E-state index in [4.69, 9.17) is 0 Å². The van der Waals surface area contributed by atoms with Crippen LogP contribution >= 0.6 is 0 Å². The van der Waals surface area contributed by atoms with E-state index in [0.717, 1.165) is 17.6 Å². The predicted molar refractivity (Wildman–Crippen MR) is 41.1 cm³/mol. The monoisotopic (exact) mass is 147 g/mol. The van der Waals surface area contributed by atoms with Gasteiger partial charge in [0.25, 0.3) is 0 Å². The molecular formula is C10H13N. The third-order valence-electron chi connectivity index (χ3n) is 5.70. The van der Waals surface area contributed by atoms with E-state index >= 15 is 0 Å². The predicted octanol–water partition coefficient (Wildman–Crippen LogP) is 1.24. The highest BCUT2D eigenvalue weighted by Crippen LogP contribution is 2.82. The Morgan fingerprint density at radius 3 is 3.09 bits per heavy atom. The quantitative estimate of drug-likeness (QED) is 0.466. The highest BCUT2D eigenvalue weighted by molar-refractivity contribution is 5.42. The van der Waals surface area contributed by atoms with Crippen LogP contribution in [0.1, 0.15) is 25.7 Å². The lowest BCUT2D eigenvalue weighted by molar-refractivity contribution is 0.160. The minimum absolute atomic E-state index is 0.883. The first-order valence-electron chi connectivity index (χ1n) is 5.22. The maximum absolute atomic E-state index is 2.92. The van der Waals surface area contributed by atoms with E-state index in [1.807, 2.05) is 0 Å². The number of rotatable bonds is 0. The van der Waals surface area contributed by atoms with Crippen LogP contribution in [0.4, 0.5) is 0 Å². The van der Waals surface area contributed by atoms with Gasteiger partial charge < -0.3 is 0 Å². The molecule has 11 heavy (non-hydrogen) atoms. The first-order chi connectivity index (χ1) is 5.44. The van der Waals surface area contributed by atoms with Gasteiger partial charge in [-0.05, 0) is 43.4 Å². The molecule has 0 aromatic heterocycles. The van der Waals surface area contributed by atoms with E-state index in [2.05, 4.69) is 4.90 Å². The van der Waals surface area contributed by atoms with Crippen LogP contribution in [-0.2, 0) is 0 Å². The van der Waals surface area contributed by atoms with Crippen molar-refractivity contribution in [3.05, 3.63) is 0 Å². The van der Waals surface area contributed by atoms with E-state index in [0.29, 0.717) is 0 Å². The Hall–Kier alpha value is -0.0400. The minimum Gasteiger partial charge on any atom is -0.287 e. The molecule has 7 unspecified atom stereocenters. The molecule has 4 bridgehead atoms. The lowest BCUT2D eigenvalue weighted by atomic mass is 9.69. The highest BCUT2D eigenvalue weighted by Gasteiger charge is 2.88. The van der Waals surface area contributed by atoms with Crippen molar-refractivity contribution in [2.24, 2.45) is 17.8 Å². The second-order valence-electron chi connectivity index (χ2n) is 5.39. The molecule has 1 nitrogen and oxygen atoms in total. The van der Waals surface area contributed by atoms with Gasteiger partial charge in [-0.25, -0.2) is 0 Å². The van der Waals surface area contributed by atoms with Gasteiger partial charge in [-0.3, -0.25) is 4.90 Å². The summed E-state index contributed by atoms with van der Waals surface area (Å²) >= 11 is 0. The summed E-state index contributed by atoms with van der Waals surface area (Å²) in [7, 11) is 0. The van der Waals surface area contributed by atoms with Crippen molar-refractivity contribution < 1.29 is 0 Å². The molecule has 0 aromatic rings. The van der Waals surface area contributed by atoms with Crippen molar-refractivity contribution in [3.8, 4) is 0 Å². The summed E-state index contributed by atoms with van der Waals surface area (Å²) in [4.78, 5) is 2.92. The first kappa shape index (κ1) is 4.86. The summed E-state index contributed by atoms with van der Waals surface area (Å²) in [6.45, 7) is 0. The van der Waals surface area contributed by atoms with E-state index in [-0.39, 0.29) is 0 Å². The molecule has 58 valence electrons. The molecule has 3 aliphatic carbocycles. The van der Waals surface area contributed by atoms with Crippen molar-refractivity contribution in [2.45, 2.75) is 43.3 Å². The van der Waals surface area contributed by atoms with Crippen LogP contribution in [0.15, 0.2) is 0 Å². The third kappa shape index (κ3) is 0.243. The van der Waals surface area contributed by atoms with Crippen molar-refractivity contribution in [3.63, 3.8) is 0 Å². The summed E-state index contributed by atoms with van der Waals surface area (Å²) in [5, 5.41) is 0. The van der Waals surface area contributed by atoms with E-state index < -0.39 is 0 Å². The molecule has 1 spiro atoms. The molecule has 3 saturated carbocycles. The molecule has 0 radical (unpaired) electrons. The fourth-order valence-electron chi connectivity index (χ4n) is 5.65. The van der Waals surface area contributed by atoms with Crippen LogP contribution in [0, 0.1) is 17.8 Å². The van der Waals surface area contributed by atoms with Crippen LogP contribution in [0.2, 0.25) is 0 Å². The molecule has 0 aromatic carbocycles. The van der Waals surface area contributed by atoms with Crippen molar-refractivity contribution >= 4 is 0 Å². The standard InChI is InChI=1S/C10H13N/c1-2-9-10-5-3-6(7(10)4-5)8(1)11(9)10/h5-9H,1-4H2. The summed E-state index contributed by atoms with van der Waals surface area (Å²) in [6, 6.07) is 2.19. The smallest absolute Gasteiger partial charge is 0.0431 e. The third-order valence-corrected chi connectivity index (χ3v) is 5.70. The Labute approximate surface area is 66.8 Å². The Balaban J connectivity index is 1.85. The van der Waals surface area contributed by atoms with E-state index in [1.54, 1.807) is 25.7 Å². The molecule has 0 amide bonds. The van der Waals surface area contributed by atoms with Gasteiger partial charge in [-0.2, -0.15) is 0 Å². The molecule has 1 heteroatoms. The first-order valence-corrected chi connectivity index (χ1v) is 5.22. The molecule has 3 heterocycles. The van der Waals surface area contributed by atoms with Gasteiger partial charge in [-0.1, -0.05) is 0 Å². The maximum atomic E-state index is 2.92. The van der Waals surface area contributed by atoms with E-state index in [1.165, 1.54) is 17.8 Å². The summed E-state index contributed by atoms with van der Waals surface area (Å²) < 4.78 is 0. The Kier molecular flexibility index (Phi) is 0.452. The van der Waals surface area contributed by atoms with Crippen LogP contribution < -0.4 is 0 Å². The Bertz CT molecular complexity index is 259. The molecule has 6 aliphatic rings. The zero-order valence-electron chi connectivity index (χ0n) is 6.66. The number of hydrogen-bond donors (Lipinski definition) is 0. The summed E-state index contributed by atoms with van der Waals surface area (Å²) in [5.41, 5.74) is 0.883.